The molecule has 1 aliphatic rings. The maximum Gasteiger partial charge on any atom is -0.109 e. The molecule has 0 radical (unpaired) electrons. The number of hydrogen-bond acceptors (Lipinski definition) is 2. The van der Waals surface area contributed by atoms with E-state index in [2.05, 4.69) is 27.7 Å². The zero-order valence-corrected chi connectivity index (χ0v) is 8.31. The molecule has 0 aromatic carbocycles. The second kappa shape index (κ2) is 22.5. The molecule has 0 amide bonds. The molecule has 0 spiro atoms. The molecular weight excluding hydrogens is 195 g/mol. The van der Waals surface area contributed by atoms with Crippen LogP contribution in [0, 0.1) is 13.5 Å². The van der Waals surface area contributed by atoms with Crippen LogP contribution in [0.1, 0.15) is 13.3 Å². The fourth-order valence-electron chi connectivity index (χ4n) is 0.340. The van der Waals surface area contributed by atoms with Gasteiger partial charge in [-0.25, -0.2) is 12.2 Å². The van der Waals surface area contributed by atoms with Gasteiger partial charge in [-0.05, 0) is 0 Å². The minimum atomic E-state index is 0. The number of rotatable bonds is 0. The average molecular weight is 206 g/mol. The Morgan fingerprint density at radius 2 is 2.08 bits per heavy atom. The molecule has 0 bridgehead atoms. The molecule has 2 nitrogen and oxygen atoms in total. The molecule has 0 saturated heterocycles. The molecule has 0 aliphatic heterocycles. The maximum absolute atomic E-state index is 8.68. The first-order valence-electron chi connectivity index (χ1n) is 2.81. The van der Waals surface area contributed by atoms with Crippen molar-refractivity contribution in [3.8, 4) is 0 Å². The fourth-order valence-corrected chi connectivity index (χ4v) is 0.340. The van der Waals surface area contributed by atoms with Crippen molar-refractivity contribution in [2.45, 2.75) is 13.3 Å². The molecule has 12 heavy (non-hydrogen) atoms. The summed E-state index contributed by atoms with van der Waals surface area (Å²) in [5.74, 6) is 0. The molecule has 0 heterocycles. The predicted octanol–water partition coefficient (Wildman–Crippen LogP) is 1.47. The Labute approximate surface area is 81.7 Å². The first kappa shape index (κ1) is 17.4. The van der Waals surface area contributed by atoms with Crippen LogP contribution in [0.5, 0.6) is 0 Å². The van der Waals surface area contributed by atoms with Crippen molar-refractivity contribution in [2.75, 3.05) is 0 Å². The van der Waals surface area contributed by atoms with Crippen LogP contribution in [-0.4, -0.2) is 11.1 Å². The number of hydrogen-bond donors (Lipinski definition) is 0. The van der Waals surface area contributed by atoms with Gasteiger partial charge in [-0.3, -0.25) is 12.4 Å². The molecule has 0 aromatic rings. The van der Waals surface area contributed by atoms with Gasteiger partial charge in [0.25, 0.3) is 0 Å². The van der Waals surface area contributed by atoms with Crippen LogP contribution in [0.4, 0.5) is 0 Å². The third kappa shape index (κ3) is 34.9. The Hall–Kier alpha value is -0.751. The summed E-state index contributed by atoms with van der Waals surface area (Å²) in [6.07, 6.45) is 11.5. The summed E-state index contributed by atoms with van der Waals surface area (Å²) in [6.45, 7) is 1.32. The predicted molar refractivity (Wildman–Crippen MR) is 45.0 cm³/mol. The van der Waals surface area contributed by atoms with Crippen LogP contribution in [0.2, 0.25) is 0 Å². The summed E-state index contributed by atoms with van der Waals surface area (Å²) < 4.78 is 0. The zero-order valence-electron chi connectivity index (χ0n) is 7.13. The monoisotopic (exact) mass is 206 g/mol. The largest absolute Gasteiger partial charge is 0.358 e. The van der Waals surface area contributed by atoms with E-state index < -0.39 is 0 Å². The van der Waals surface area contributed by atoms with Crippen LogP contribution in [0.25, 0.3) is 0 Å². The molecule has 0 aromatic heterocycles. The first-order chi connectivity index (χ1) is 5.33. The van der Waals surface area contributed by atoms with E-state index in [1.54, 1.807) is 0 Å². The van der Waals surface area contributed by atoms with Crippen LogP contribution in [0.15, 0.2) is 18.2 Å². The Kier molecular flexibility index (Phi) is 32.5. The minimum Gasteiger partial charge on any atom is -0.358 e. The summed E-state index contributed by atoms with van der Waals surface area (Å²) in [5.41, 5.74) is 0. The van der Waals surface area contributed by atoms with Gasteiger partial charge in [0.2, 0.25) is 0 Å². The Balaban J connectivity index is -0.000000104. The standard InChI is InChI=1S/C5H5.C2H3O.CO.CH3.Mn/c1-2-4-5-3-1;1-2-3;1-2;;/h1-3H,4H2;1H3;;1H3;/q2*-1;;-1;. The van der Waals surface area contributed by atoms with Crippen LogP contribution >= 0.6 is 0 Å². The number of carbonyl (C=O) groups excluding carboxylic acids is 2. The van der Waals surface area contributed by atoms with E-state index in [1.165, 1.54) is 18.0 Å². The average Bonchev–Trinajstić information content (AvgIpc) is 2.44. The minimum absolute atomic E-state index is 0. The molecule has 0 unspecified atom stereocenters. The van der Waals surface area contributed by atoms with Gasteiger partial charge in [0.1, 0.15) is 0 Å². The smallest absolute Gasteiger partial charge is 0.109 e. The van der Waals surface area contributed by atoms with Crippen molar-refractivity contribution in [3.63, 3.8) is 0 Å². The van der Waals surface area contributed by atoms with Crippen molar-refractivity contribution in [3.05, 3.63) is 31.7 Å². The van der Waals surface area contributed by atoms with E-state index in [1.807, 2.05) is 12.2 Å². The van der Waals surface area contributed by atoms with E-state index >= 15 is 0 Å². The maximum atomic E-state index is 8.68. The van der Waals surface area contributed by atoms with Gasteiger partial charge in [-0.2, -0.15) is 13.0 Å². The SMILES string of the molecule is C[C-]=O.O=[C]=[Mn].[C-]1=CC=CC1.[CH3-]. The molecule has 0 fully saturated rings. The molecule has 0 atom stereocenters. The van der Waals surface area contributed by atoms with Crippen LogP contribution in [0.3, 0.4) is 0 Å². The molecule has 0 N–H and O–H groups in total. The third-order valence-corrected chi connectivity index (χ3v) is 0.586. The molecule has 0 saturated carbocycles. The normalized spacial score (nSPS) is 9.08. The fraction of sp³-hybridized carbons (Fsp3) is 0.222. The summed E-state index contributed by atoms with van der Waals surface area (Å²) in [5, 5.41) is 0. The van der Waals surface area contributed by atoms with Gasteiger partial charge in [0, 0.05) is 0 Å². The summed E-state index contributed by atoms with van der Waals surface area (Å²) in [6, 6.07) is 0. The molecule has 69 valence electrons. The van der Waals surface area contributed by atoms with Crippen molar-refractivity contribution < 1.29 is 25.2 Å². The molecular formula is C9H11MnO2-3. The van der Waals surface area contributed by atoms with Gasteiger partial charge in [0.05, 0.1) is 0 Å². The molecule has 1 rings (SSSR count). The van der Waals surface area contributed by atoms with Gasteiger partial charge in [-0.15, -0.1) is 6.42 Å². The Morgan fingerprint density at radius 1 is 1.67 bits per heavy atom. The second-order valence-electron chi connectivity index (χ2n) is 1.28. The van der Waals surface area contributed by atoms with Gasteiger partial charge in [0.15, 0.2) is 0 Å². The number of allylic oxidation sites excluding steroid dienone is 4. The summed E-state index contributed by atoms with van der Waals surface area (Å²) >= 11 is 2.34. The van der Waals surface area contributed by atoms with Gasteiger partial charge >= 0.3 is 25.2 Å². The Bertz CT molecular complexity index is 155. The van der Waals surface area contributed by atoms with Gasteiger partial charge < -0.3 is 12.2 Å². The third-order valence-electron chi connectivity index (χ3n) is 0.586. The summed E-state index contributed by atoms with van der Waals surface area (Å²) in [7, 11) is 0. The van der Waals surface area contributed by atoms with E-state index in [9.17, 15) is 0 Å². The zero-order chi connectivity index (χ0) is 8.95. The van der Waals surface area contributed by atoms with Gasteiger partial charge in [-0.1, -0.05) is 0 Å². The van der Waals surface area contributed by atoms with E-state index in [-0.39, 0.29) is 7.43 Å². The quantitative estimate of drug-likeness (QED) is 0.444. The summed E-state index contributed by atoms with van der Waals surface area (Å²) in [4.78, 5) is 18.6. The second-order valence-corrected chi connectivity index (χ2v) is 1.53. The van der Waals surface area contributed by atoms with E-state index in [4.69, 9.17) is 9.59 Å². The molecule has 1 aliphatic carbocycles. The first-order valence-corrected chi connectivity index (χ1v) is 3.40. The Morgan fingerprint density at radius 3 is 2.17 bits per heavy atom. The molecule has 3 heteroatoms. The van der Waals surface area contributed by atoms with E-state index in [0.717, 1.165) is 6.42 Å². The van der Waals surface area contributed by atoms with Crippen molar-refractivity contribution in [1.82, 2.24) is 0 Å². The van der Waals surface area contributed by atoms with Crippen molar-refractivity contribution >= 4 is 11.1 Å². The van der Waals surface area contributed by atoms with Crippen molar-refractivity contribution in [1.29, 1.82) is 0 Å². The van der Waals surface area contributed by atoms with E-state index in [0.29, 0.717) is 0 Å². The van der Waals surface area contributed by atoms with Crippen LogP contribution in [-0.2, 0) is 25.2 Å². The van der Waals surface area contributed by atoms with Crippen LogP contribution < -0.4 is 0 Å². The van der Waals surface area contributed by atoms with Crippen molar-refractivity contribution in [2.24, 2.45) is 0 Å². The topological polar surface area (TPSA) is 34.1 Å².